The quantitative estimate of drug-likeness (QED) is 0.366. The molecule has 156 valence electrons. The highest BCUT2D eigenvalue weighted by Gasteiger charge is 2.17. The van der Waals surface area contributed by atoms with Gasteiger partial charge >= 0.3 is 12.1 Å². The third-order valence-electron chi connectivity index (χ3n) is 3.85. The van der Waals surface area contributed by atoms with Crippen LogP contribution in [0, 0.1) is 0 Å². The minimum Gasteiger partial charge on any atom is -0.493 e. The number of carbonyl (C=O) groups is 2. The van der Waals surface area contributed by atoms with Crippen LogP contribution in [0.1, 0.15) is 19.4 Å². The molecule has 1 amide bonds. The lowest BCUT2D eigenvalue weighted by molar-refractivity contribution is -0.138. The molecule has 0 spiro atoms. The van der Waals surface area contributed by atoms with E-state index < -0.39 is 20.1 Å². The van der Waals surface area contributed by atoms with Crippen molar-refractivity contribution < 1.29 is 28.5 Å². The second-order valence-electron chi connectivity index (χ2n) is 7.41. The van der Waals surface area contributed by atoms with E-state index in [1.165, 1.54) is 14.2 Å². The first-order valence-corrected chi connectivity index (χ1v) is 12.9. The molecule has 0 atom stereocenters. The standard InChI is InChI=1S/C20H31NO6Si/c1-8-26-19(22)14(2)11-15-12-17(24-3)18(25-4)13-16(15)21-20(23)27-9-10-28(5,6)7/h11-13H,8-10H2,1-7H3,(H,21,23). The average Bonchev–Trinajstić information content (AvgIpc) is 2.61. The molecule has 0 saturated carbocycles. The molecule has 0 radical (unpaired) electrons. The number of rotatable bonds is 9. The summed E-state index contributed by atoms with van der Waals surface area (Å²) in [6.07, 6.45) is 1.06. The van der Waals surface area contributed by atoms with E-state index in [2.05, 4.69) is 25.0 Å². The lowest BCUT2D eigenvalue weighted by Crippen LogP contribution is -2.24. The third-order valence-corrected chi connectivity index (χ3v) is 5.55. The van der Waals surface area contributed by atoms with Crippen LogP contribution in [0.2, 0.25) is 25.7 Å². The molecule has 0 heterocycles. The molecule has 0 fully saturated rings. The number of carbonyl (C=O) groups excluding carboxylic acids is 2. The van der Waals surface area contributed by atoms with Gasteiger partial charge in [0.25, 0.3) is 0 Å². The van der Waals surface area contributed by atoms with Gasteiger partial charge in [0.05, 0.1) is 33.1 Å². The van der Waals surface area contributed by atoms with Crippen molar-refractivity contribution in [2.75, 3.05) is 32.8 Å². The van der Waals surface area contributed by atoms with Crippen molar-refractivity contribution in [3.63, 3.8) is 0 Å². The zero-order valence-electron chi connectivity index (χ0n) is 17.8. The first-order valence-electron chi connectivity index (χ1n) is 9.16. The summed E-state index contributed by atoms with van der Waals surface area (Å²) in [6.45, 7) is 10.7. The molecule has 0 saturated heterocycles. The Morgan fingerprint density at radius 2 is 1.68 bits per heavy atom. The van der Waals surface area contributed by atoms with Crippen molar-refractivity contribution in [1.82, 2.24) is 0 Å². The number of anilines is 1. The molecule has 0 aliphatic rings. The fraction of sp³-hybridized carbons (Fsp3) is 0.500. The Morgan fingerprint density at radius 3 is 2.21 bits per heavy atom. The van der Waals surface area contributed by atoms with Gasteiger partial charge < -0.3 is 18.9 Å². The first-order chi connectivity index (χ1) is 13.1. The lowest BCUT2D eigenvalue weighted by atomic mass is 10.1. The molecule has 1 rings (SSSR count). The number of nitrogens with one attached hydrogen (secondary N) is 1. The minimum atomic E-state index is -1.30. The molecule has 0 aromatic heterocycles. The van der Waals surface area contributed by atoms with Gasteiger partial charge in [0.1, 0.15) is 0 Å². The van der Waals surface area contributed by atoms with Crippen LogP contribution in [0.15, 0.2) is 17.7 Å². The highest BCUT2D eigenvalue weighted by Crippen LogP contribution is 2.34. The maximum atomic E-state index is 12.2. The highest BCUT2D eigenvalue weighted by molar-refractivity contribution is 6.76. The largest absolute Gasteiger partial charge is 0.493 e. The molecule has 0 unspecified atom stereocenters. The summed E-state index contributed by atoms with van der Waals surface area (Å²) in [5.74, 6) is 0.495. The predicted molar refractivity (Wildman–Crippen MR) is 113 cm³/mol. The van der Waals surface area contributed by atoms with Crippen LogP contribution < -0.4 is 14.8 Å². The summed E-state index contributed by atoms with van der Waals surface area (Å²) in [5, 5.41) is 2.72. The van der Waals surface area contributed by atoms with Gasteiger partial charge in [-0.2, -0.15) is 0 Å². The van der Waals surface area contributed by atoms with Gasteiger partial charge in [-0.05, 0) is 32.0 Å². The Bertz CT molecular complexity index is 724. The molecule has 28 heavy (non-hydrogen) atoms. The van der Waals surface area contributed by atoms with Crippen molar-refractivity contribution in [3.8, 4) is 11.5 Å². The Labute approximate surface area is 168 Å². The summed E-state index contributed by atoms with van der Waals surface area (Å²) in [5.41, 5.74) is 1.41. The van der Waals surface area contributed by atoms with Crippen molar-refractivity contribution in [1.29, 1.82) is 0 Å². The summed E-state index contributed by atoms with van der Waals surface area (Å²) in [7, 11) is 1.72. The number of hydrogen-bond acceptors (Lipinski definition) is 6. The molecular formula is C20H31NO6Si. The fourth-order valence-electron chi connectivity index (χ4n) is 2.26. The molecule has 1 aromatic carbocycles. The molecule has 8 heteroatoms. The van der Waals surface area contributed by atoms with Crippen LogP contribution in [0.5, 0.6) is 11.5 Å². The SMILES string of the molecule is CCOC(=O)C(C)=Cc1cc(OC)c(OC)cc1NC(=O)OCC[Si](C)(C)C. The first kappa shape index (κ1) is 23.6. The number of amides is 1. The van der Waals surface area contributed by atoms with Gasteiger partial charge in [0.15, 0.2) is 11.5 Å². The fourth-order valence-corrected chi connectivity index (χ4v) is 2.97. The molecule has 7 nitrogen and oxygen atoms in total. The molecular weight excluding hydrogens is 378 g/mol. The van der Waals surface area contributed by atoms with E-state index in [-0.39, 0.29) is 6.61 Å². The van der Waals surface area contributed by atoms with E-state index in [4.69, 9.17) is 18.9 Å². The maximum Gasteiger partial charge on any atom is 0.411 e. The van der Waals surface area contributed by atoms with Crippen molar-refractivity contribution in [2.24, 2.45) is 0 Å². The maximum absolute atomic E-state index is 12.2. The van der Waals surface area contributed by atoms with Gasteiger partial charge in [0.2, 0.25) is 0 Å². The van der Waals surface area contributed by atoms with Crippen LogP contribution in [0.4, 0.5) is 10.5 Å². The minimum absolute atomic E-state index is 0.282. The lowest BCUT2D eigenvalue weighted by Gasteiger charge is -2.17. The molecule has 0 aliphatic heterocycles. The molecule has 0 aliphatic carbocycles. The normalized spacial score (nSPS) is 11.6. The van der Waals surface area contributed by atoms with Crippen molar-refractivity contribution in [3.05, 3.63) is 23.3 Å². The number of benzene rings is 1. The summed E-state index contributed by atoms with van der Waals surface area (Å²) < 4.78 is 20.9. The monoisotopic (exact) mass is 409 g/mol. The zero-order chi connectivity index (χ0) is 21.3. The van der Waals surface area contributed by atoms with Crippen molar-refractivity contribution >= 4 is 31.9 Å². The Kier molecular flexibility index (Phi) is 9.04. The highest BCUT2D eigenvalue weighted by atomic mass is 28.3. The Hall–Kier alpha value is -2.48. The van der Waals surface area contributed by atoms with Gasteiger partial charge in [-0.25, -0.2) is 9.59 Å². The van der Waals surface area contributed by atoms with Gasteiger partial charge in [-0.1, -0.05) is 19.6 Å². The second-order valence-corrected chi connectivity index (χ2v) is 13.0. The topological polar surface area (TPSA) is 83.1 Å². The predicted octanol–water partition coefficient (Wildman–Crippen LogP) is 4.56. The average molecular weight is 410 g/mol. The third kappa shape index (κ3) is 7.64. The molecule has 0 bridgehead atoms. The van der Waals surface area contributed by atoms with Crippen LogP contribution in [-0.2, 0) is 14.3 Å². The molecule has 1 N–H and O–H groups in total. The zero-order valence-corrected chi connectivity index (χ0v) is 18.8. The summed E-state index contributed by atoms with van der Waals surface area (Å²) in [6, 6.07) is 4.18. The van der Waals surface area contributed by atoms with E-state index in [0.717, 1.165) is 6.04 Å². The van der Waals surface area contributed by atoms with Crippen LogP contribution in [0.25, 0.3) is 6.08 Å². The molecule has 1 aromatic rings. The van der Waals surface area contributed by atoms with E-state index in [9.17, 15) is 9.59 Å². The Balaban J connectivity index is 3.12. The van der Waals surface area contributed by atoms with Crippen molar-refractivity contribution in [2.45, 2.75) is 39.5 Å². The summed E-state index contributed by atoms with van der Waals surface area (Å²) >= 11 is 0. The number of methoxy groups -OCH3 is 2. The van der Waals surface area contributed by atoms with Gasteiger partial charge in [0, 0.05) is 25.3 Å². The van der Waals surface area contributed by atoms with E-state index >= 15 is 0 Å². The number of hydrogen-bond donors (Lipinski definition) is 1. The van der Waals surface area contributed by atoms with Crippen LogP contribution in [-0.4, -0.2) is 47.6 Å². The van der Waals surface area contributed by atoms with E-state index in [1.807, 2.05) is 0 Å². The van der Waals surface area contributed by atoms with E-state index in [1.54, 1.807) is 32.1 Å². The second kappa shape index (κ2) is 10.7. The Morgan fingerprint density at radius 1 is 1.07 bits per heavy atom. The number of esters is 1. The summed E-state index contributed by atoms with van der Waals surface area (Å²) in [4.78, 5) is 24.2. The smallest absolute Gasteiger partial charge is 0.411 e. The van der Waals surface area contributed by atoms with Crippen LogP contribution >= 0.6 is 0 Å². The van der Waals surface area contributed by atoms with Crippen LogP contribution in [0.3, 0.4) is 0 Å². The van der Waals surface area contributed by atoms with Gasteiger partial charge in [-0.15, -0.1) is 0 Å². The van der Waals surface area contributed by atoms with E-state index in [0.29, 0.717) is 34.9 Å². The number of ether oxygens (including phenoxy) is 4. The van der Waals surface area contributed by atoms with Gasteiger partial charge in [-0.3, -0.25) is 5.32 Å².